The molecule has 12 nitrogen and oxygen atoms in total. The van der Waals surface area contributed by atoms with Crippen molar-refractivity contribution in [2.45, 2.75) is 97.4 Å². The van der Waals surface area contributed by atoms with Crippen LogP contribution in [0.3, 0.4) is 0 Å². The highest BCUT2D eigenvalue weighted by atomic mass is 35.5. The zero-order valence-corrected chi connectivity index (χ0v) is 50.0. The Morgan fingerprint density at radius 2 is 1.05 bits per heavy atom. The van der Waals surface area contributed by atoms with Gasteiger partial charge in [0.2, 0.25) is 11.1 Å². The van der Waals surface area contributed by atoms with Gasteiger partial charge in [0.15, 0.2) is 0 Å². The molecular formula is C61H71ClF2N8O4S2Si2. The molecule has 2 aliphatic rings. The number of aliphatic hydroxyl groups excluding tert-OH is 2. The van der Waals surface area contributed by atoms with Crippen molar-refractivity contribution in [3.05, 3.63) is 140 Å². The van der Waals surface area contributed by atoms with Gasteiger partial charge in [-0.15, -0.1) is 40.2 Å². The van der Waals surface area contributed by atoms with E-state index in [1.54, 1.807) is 42.0 Å². The monoisotopic (exact) mass is 1170 g/mol. The van der Waals surface area contributed by atoms with Gasteiger partial charge in [0.05, 0.1) is 48.8 Å². The molecule has 2 N–H and O–H groups in total. The number of aliphatic hydroxyl groups is 2. The van der Waals surface area contributed by atoms with Gasteiger partial charge in [0.1, 0.15) is 50.0 Å². The van der Waals surface area contributed by atoms with Gasteiger partial charge in [-0.25, -0.2) is 38.7 Å². The van der Waals surface area contributed by atoms with E-state index in [9.17, 15) is 14.6 Å². The minimum absolute atomic E-state index is 0. The van der Waals surface area contributed by atoms with E-state index in [0.29, 0.717) is 81.2 Å². The molecule has 420 valence electrons. The van der Waals surface area contributed by atoms with Crippen LogP contribution in [0.4, 0.5) is 20.2 Å². The Kier molecular flexibility index (Phi) is 22.0. The summed E-state index contributed by atoms with van der Waals surface area (Å²) in [5, 5.41) is 27.7. The van der Waals surface area contributed by atoms with Crippen LogP contribution in [-0.2, 0) is 9.47 Å². The van der Waals surface area contributed by atoms with Crippen molar-refractivity contribution in [3.63, 3.8) is 0 Å². The van der Waals surface area contributed by atoms with Gasteiger partial charge in [-0.2, -0.15) is 0 Å². The smallest absolute Gasteiger partial charge is 0.223 e. The van der Waals surface area contributed by atoms with Gasteiger partial charge in [0, 0.05) is 82.6 Å². The van der Waals surface area contributed by atoms with Crippen LogP contribution in [0.25, 0.3) is 44.3 Å². The number of rotatable bonds is 14. The zero-order chi connectivity index (χ0) is 56.1. The molecule has 0 amide bonds. The van der Waals surface area contributed by atoms with Crippen LogP contribution in [0.2, 0.25) is 41.5 Å². The summed E-state index contributed by atoms with van der Waals surface area (Å²) in [4.78, 5) is 31.2. The van der Waals surface area contributed by atoms with E-state index in [0.717, 1.165) is 66.6 Å². The fraction of sp³-hybridized carbons (Fsp3) is 0.377. The molecule has 0 spiro atoms. The van der Waals surface area contributed by atoms with Crippen molar-refractivity contribution < 1.29 is 28.5 Å². The number of fused-ring (bicyclic) bond motifs is 2. The third-order valence-corrected chi connectivity index (χ3v) is 26.6. The SMILES string of the molecule is C.C#C[Si](CC)(CC)CC.CC[Si](C#Cc1nc(-c2cc(C(O)c3nccs3)ccc2F)c2ccc(N3CCOCC3)cc2n1)(CC)CC.OC(c1ccc(F)c(-c2nc(Cl)nc3cc(N4CCOCC4)ccc23)c1)c1nccs1. The van der Waals surface area contributed by atoms with Gasteiger partial charge < -0.3 is 29.5 Å². The molecular weight excluding hydrogens is 1100 g/mol. The van der Waals surface area contributed by atoms with Crippen molar-refractivity contribution in [3.8, 4) is 45.9 Å². The minimum Gasteiger partial charge on any atom is -0.381 e. The Balaban J connectivity index is 0.000000202. The molecule has 2 fully saturated rings. The standard InChI is InChI=1S/C30H33FN4O2SSi.C22H18ClFN4O2S.C8H16Si.CH4/c1-4-39(5-2,6-3)18-11-27-33-26-20-22(35-13-15-37-16-14-35)8-9-23(26)28(34-27)24-19-21(7-10-25(24)31)29(36)30-32-12-17-38-30;23-22-26-18-12-14(28-6-8-30-9-7-28)2-3-15(18)19(27-22)16-11-13(1-4-17(16)24)20(29)21-25-5-10-31-21;1-5-9(6-2,7-3)8-4;/h7-10,12,17,19-20,29,36H,4-6,13-16H2,1-3H3;1-5,10-12,20,29H,6-9H2;1H,6-8H2,2-4H3;1H4. The fourth-order valence-corrected chi connectivity index (χ4v) is 15.8. The third-order valence-electron chi connectivity index (χ3n) is 15.4. The number of terminal acetylenes is 1. The van der Waals surface area contributed by atoms with E-state index >= 15 is 4.39 Å². The van der Waals surface area contributed by atoms with Gasteiger partial charge in [-0.1, -0.05) is 61.1 Å². The maximum absolute atomic E-state index is 15.4. The summed E-state index contributed by atoms with van der Waals surface area (Å²) in [7, 11) is -2.91. The topological polar surface area (TPSA) is 143 Å². The Morgan fingerprint density at radius 1 is 0.613 bits per heavy atom. The maximum Gasteiger partial charge on any atom is 0.223 e. The van der Waals surface area contributed by atoms with E-state index in [4.69, 9.17) is 37.5 Å². The zero-order valence-electron chi connectivity index (χ0n) is 45.6. The van der Waals surface area contributed by atoms with E-state index < -0.39 is 40.0 Å². The summed E-state index contributed by atoms with van der Waals surface area (Å²) in [6.45, 7) is 19.2. The Hall–Kier alpha value is -6.04. The van der Waals surface area contributed by atoms with E-state index in [1.165, 1.54) is 52.9 Å². The lowest BCUT2D eigenvalue weighted by molar-refractivity contribution is 0.122. The molecule has 2 unspecified atom stereocenters. The van der Waals surface area contributed by atoms with Gasteiger partial charge in [-0.3, -0.25) is 0 Å². The molecule has 4 aromatic heterocycles. The van der Waals surface area contributed by atoms with Crippen molar-refractivity contribution in [2.24, 2.45) is 0 Å². The van der Waals surface area contributed by atoms with Gasteiger partial charge in [0.25, 0.3) is 0 Å². The first kappa shape index (κ1) is 61.6. The molecule has 0 bridgehead atoms. The first-order valence-corrected chi connectivity index (χ1v) is 34.4. The number of anilines is 2. The highest BCUT2D eigenvalue weighted by Crippen LogP contribution is 2.37. The first-order chi connectivity index (χ1) is 38.3. The number of thiazole rings is 2. The lowest BCUT2D eigenvalue weighted by atomic mass is 10.0. The summed E-state index contributed by atoms with van der Waals surface area (Å²) in [6.07, 6.45) is 6.82. The van der Waals surface area contributed by atoms with Crippen molar-refractivity contribution in [1.29, 1.82) is 0 Å². The van der Waals surface area contributed by atoms with Crippen LogP contribution in [-0.4, -0.2) is 109 Å². The Bertz CT molecular complexity index is 3420. The maximum atomic E-state index is 15.4. The number of halogens is 3. The highest BCUT2D eigenvalue weighted by molar-refractivity contribution is 7.09. The molecule has 0 saturated carbocycles. The Labute approximate surface area is 484 Å². The molecule has 6 heterocycles. The second kappa shape index (κ2) is 28.6. The number of nitrogens with zero attached hydrogens (tertiary/aromatic N) is 8. The minimum atomic E-state index is -1.74. The second-order valence-corrected chi connectivity index (χ2v) is 31.5. The van der Waals surface area contributed by atoms with E-state index in [2.05, 4.69) is 88.3 Å². The summed E-state index contributed by atoms with van der Waals surface area (Å²) in [5.41, 5.74) is 12.5. The summed E-state index contributed by atoms with van der Waals surface area (Å²) < 4.78 is 41.2. The van der Waals surface area contributed by atoms with Crippen LogP contribution in [0, 0.1) is 35.1 Å². The largest absolute Gasteiger partial charge is 0.381 e. The van der Waals surface area contributed by atoms with Crippen molar-refractivity contribution in [2.75, 3.05) is 62.4 Å². The molecule has 4 aromatic carbocycles. The molecule has 80 heavy (non-hydrogen) atoms. The van der Waals surface area contributed by atoms with Crippen LogP contribution in [0.15, 0.2) is 96.0 Å². The molecule has 2 aliphatic heterocycles. The molecule has 10 rings (SSSR count). The number of benzene rings is 4. The molecule has 2 saturated heterocycles. The molecule has 0 aliphatic carbocycles. The lowest BCUT2D eigenvalue weighted by Gasteiger charge is -2.29. The normalized spacial score (nSPS) is 14.4. The van der Waals surface area contributed by atoms with Gasteiger partial charge in [-0.05, 0) is 126 Å². The van der Waals surface area contributed by atoms with Crippen molar-refractivity contribution in [1.82, 2.24) is 29.9 Å². The molecule has 8 aromatic rings. The van der Waals surface area contributed by atoms with Crippen LogP contribution >= 0.6 is 34.3 Å². The predicted molar refractivity (Wildman–Crippen MR) is 330 cm³/mol. The molecule has 2 atom stereocenters. The molecule has 19 heteroatoms. The number of aromatic nitrogens is 6. The number of ether oxygens (including phenoxy) is 2. The van der Waals surface area contributed by atoms with E-state index in [-0.39, 0.29) is 18.3 Å². The van der Waals surface area contributed by atoms with Crippen LogP contribution < -0.4 is 9.80 Å². The molecule has 0 radical (unpaired) electrons. The van der Waals surface area contributed by atoms with Crippen molar-refractivity contribution >= 4 is 83.6 Å². The summed E-state index contributed by atoms with van der Waals surface area (Å²) >= 11 is 8.91. The third kappa shape index (κ3) is 14.3. The lowest BCUT2D eigenvalue weighted by Crippen LogP contribution is -2.36. The van der Waals surface area contributed by atoms with Gasteiger partial charge >= 0.3 is 0 Å². The average molecular weight is 1170 g/mol. The number of hydrogen-bond acceptors (Lipinski definition) is 14. The number of hydrogen-bond donors (Lipinski definition) is 2. The fourth-order valence-electron chi connectivity index (χ4n) is 9.78. The number of morpholine rings is 2. The second-order valence-electron chi connectivity index (χ2n) is 19.4. The van der Waals surface area contributed by atoms with Crippen LogP contribution in [0.5, 0.6) is 0 Å². The summed E-state index contributed by atoms with van der Waals surface area (Å²) in [5.74, 6) is 2.82. The Morgan fingerprint density at radius 3 is 1.45 bits per heavy atom. The first-order valence-electron chi connectivity index (χ1n) is 27.0. The summed E-state index contributed by atoms with van der Waals surface area (Å²) in [6, 6.07) is 27.9. The quantitative estimate of drug-likeness (QED) is 0.0608. The van der Waals surface area contributed by atoms with Crippen LogP contribution in [0.1, 0.15) is 88.1 Å². The predicted octanol–water partition coefficient (Wildman–Crippen LogP) is 14.0. The highest BCUT2D eigenvalue weighted by Gasteiger charge is 2.26. The average Bonchev–Trinajstić information content (AvgIpc) is 4.26. The van der Waals surface area contributed by atoms with E-state index in [1.807, 2.05) is 41.8 Å².